The molecule has 1 saturated carbocycles. The van der Waals surface area contributed by atoms with Gasteiger partial charge in [0.2, 0.25) is 5.91 Å². The number of amides is 1. The average molecular weight is 856 g/mol. The summed E-state index contributed by atoms with van der Waals surface area (Å²) in [5, 5.41) is 56.1. The summed E-state index contributed by atoms with van der Waals surface area (Å²) in [6.45, 7) is 6.24. The maximum Gasteiger partial charge on any atom is 0.220 e. The first-order chi connectivity index (χ1) is 28.7. The molecular weight excluding hydrogens is 751 g/mol. The van der Waals surface area contributed by atoms with Crippen molar-refractivity contribution in [3.63, 3.8) is 0 Å². The molecule has 0 spiro atoms. The van der Waals surface area contributed by atoms with Gasteiger partial charge in [0.05, 0.1) is 31.0 Å². The van der Waals surface area contributed by atoms with Gasteiger partial charge in [-0.2, -0.15) is 0 Å². The molecule has 0 aromatic carbocycles. The van der Waals surface area contributed by atoms with Crippen LogP contribution in [0.2, 0.25) is 0 Å². The van der Waals surface area contributed by atoms with E-state index in [0.717, 1.165) is 38.5 Å². The number of unbranched alkanes of at least 4 members (excludes halogenated alkanes) is 33. The van der Waals surface area contributed by atoms with Gasteiger partial charge in [0.1, 0.15) is 18.3 Å². The zero-order valence-corrected chi connectivity index (χ0v) is 39.2. The number of aliphatic hydroxyl groups excluding tert-OH is 5. The summed E-state index contributed by atoms with van der Waals surface area (Å²) < 4.78 is 5.98. The molecule has 8 nitrogen and oxygen atoms in total. The first kappa shape index (κ1) is 59.2. The van der Waals surface area contributed by atoms with E-state index in [4.69, 9.17) is 4.74 Å². The number of hydrogen-bond acceptors (Lipinski definition) is 7. The fourth-order valence-corrected chi connectivity index (χ4v) is 9.01. The third kappa shape index (κ3) is 32.0. The highest BCUT2D eigenvalue weighted by Gasteiger charge is 2.42. The highest BCUT2D eigenvalue weighted by Crippen LogP contribution is 2.28. The second-order valence-electron chi connectivity index (χ2n) is 19.0. The fraction of sp³-hybridized carbons (Fsp3) is 0.981. The van der Waals surface area contributed by atoms with Crippen molar-refractivity contribution in [3.8, 4) is 0 Å². The molecule has 1 fully saturated rings. The fourth-order valence-electron chi connectivity index (χ4n) is 9.01. The molecule has 1 rings (SSSR count). The third-order valence-corrected chi connectivity index (χ3v) is 13.3. The van der Waals surface area contributed by atoms with Crippen LogP contribution in [0.25, 0.3) is 0 Å². The molecule has 60 heavy (non-hydrogen) atoms. The molecule has 0 bridgehead atoms. The van der Waals surface area contributed by atoms with E-state index < -0.39 is 42.7 Å². The Labute approximate surface area is 372 Å². The van der Waals surface area contributed by atoms with Gasteiger partial charge in [0.25, 0.3) is 0 Å². The molecule has 8 heteroatoms. The Morgan fingerprint density at radius 1 is 0.517 bits per heavy atom. The number of aliphatic hydroxyl groups is 5. The predicted octanol–water partition coefficient (Wildman–Crippen LogP) is 12.8. The second-order valence-corrected chi connectivity index (χ2v) is 19.0. The lowest BCUT2D eigenvalue weighted by Crippen LogP contribution is -2.56. The molecule has 360 valence electrons. The molecule has 8 atom stereocenters. The third-order valence-electron chi connectivity index (χ3n) is 13.3. The summed E-state index contributed by atoms with van der Waals surface area (Å²) in [7, 11) is 0. The summed E-state index contributed by atoms with van der Waals surface area (Å²) in [4.78, 5) is 13.1. The van der Waals surface area contributed by atoms with E-state index in [1.807, 2.05) is 0 Å². The van der Waals surface area contributed by atoms with Crippen molar-refractivity contribution >= 4 is 5.91 Å². The standard InChI is InChI=1S/C51H101NO7.CH4/c1-4-6-8-10-12-14-16-18-19-20-21-22-23-24-25-26-27-28-30-32-34-36-38-40-47(54)52-44(42-59-46-41-43(3)48(55)51(58)50(46)57)49(56)45(53)39-37-35-33-31-29-17-15-13-11-9-7-5-2;/h43-46,48-51,53,55-58H,4-42H2,1-3H3,(H,52,54);1H4/t43?,44-,45+,46-,48-,49-,50?,51-;/m0./s1. The Morgan fingerprint density at radius 3 is 1.22 bits per heavy atom. The topological polar surface area (TPSA) is 139 Å². The molecular formula is C52H105NO7. The van der Waals surface area contributed by atoms with Gasteiger partial charge in [-0.3, -0.25) is 4.79 Å². The average Bonchev–Trinajstić information content (AvgIpc) is 3.23. The van der Waals surface area contributed by atoms with E-state index >= 15 is 0 Å². The minimum Gasteiger partial charge on any atom is -0.390 e. The number of hydrogen-bond donors (Lipinski definition) is 6. The second kappa shape index (κ2) is 42.2. The Kier molecular flexibility index (Phi) is 41.7. The number of carbonyl (C=O) groups is 1. The molecule has 6 N–H and O–H groups in total. The molecule has 0 aromatic rings. The number of rotatable bonds is 43. The van der Waals surface area contributed by atoms with Crippen LogP contribution in [0.3, 0.4) is 0 Å². The highest BCUT2D eigenvalue weighted by molar-refractivity contribution is 5.76. The van der Waals surface area contributed by atoms with Crippen molar-refractivity contribution in [1.82, 2.24) is 5.32 Å². The Bertz CT molecular complexity index is 908. The molecule has 0 aliphatic heterocycles. The van der Waals surface area contributed by atoms with Crippen LogP contribution in [-0.2, 0) is 9.53 Å². The van der Waals surface area contributed by atoms with Gasteiger partial charge in [0.15, 0.2) is 0 Å². The van der Waals surface area contributed by atoms with E-state index in [1.54, 1.807) is 6.92 Å². The van der Waals surface area contributed by atoms with Crippen molar-refractivity contribution in [3.05, 3.63) is 0 Å². The van der Waals surface area contributed by atoms with Crippen LogP contribution in [0.4, 0.5) is 0 Å². The normalized spacial score (nSPS) is 20.8. The van der Waals surface area contributed by atoms with Crippen molar-refractivity contribution in [2.75, 3.05) is 6.61 Å². The zero-order valence-electron chi connectivity index (χ0n) is 39.2. The maximum absolute atomic E-state index is 13.1. The van der Waals surface area contributed by atoms with Gasteiger partial charge < -0.3 is 35.6 Å². The van der Waals surface area contributed by atoms with Gasteiger partial charge in [-0.15, -0.1) is 0 Å². The van der Waals surface area contributed by atoms with E-state index in [9.17, 15) is 30.3 Å². The minimum atomic E-state index is -1.32. The molecule has 0 saturated heterocycles. The monoisotopic (exact) mass is 856 g/mol. The lowest BCUT2D eigenvalue weighted by Gasteiger charge is -2.39. The van der Waals surface area contributed by atoms with Crippen molar-refractivity contribution in [2.45, 2.75) is 315 Å². The molecule has 0 heterocycles. The highest BCUT2D eigenvalue weighted by atomic mass is 16.5. The van der Waals surface area contributed by atoms with Crippen LogP contribution in [0.5, 0.6) is 0 Å². The maximum atomic E-state index is 13.1. The van der Waals surface area contributed by atoms with Gasteiger partial charge >= 0.3 is 0 Å². The molecule has 1 amide bonds. The summed E-state index contributed by atoms with van der Waals surface area (Å²) in [6.07, 6.45) is 39.7. The number of ether oxygens (including phenoxy) is 1. The summed E-state index contributed by atoms with van der Waals surface area (Å²) in [5.74, 6) is -0.446. The smallest absolute Gasteiger partial charge is 0.220 e. The van der Waals surface area contributed by atoms with Gasteiger partial charge in [-0.25, -0.2) is 0 Å². The first-order valence-electron chi connectivity index (χ1n) is 26.0. The zero-order chi connectivity index (χ0) is 43.2. The van der Waals surface area contributed by atoms with Crippen LogP contribution in [0.1, 0.15) is 272 Å². The van der Waals surface area contributed by atoms with Crippen LogP contribution < -0.4 is 5.32 Å². The first-order valence-corrected chi connectivity index (χ1v) is 26.0. The Hall–Kier alpha value is -0.770. The van der Waals surface area contributed by atoms with Crippen LogP contribution >= 0.6 is 0 Å². The summed E-state index contributed by atoms with van der Waals surface area (Å²) >= 11 is 0. The summed E-state index contributed by atoms with van der Waals surface area (Å²) in [6, 6.07) is -0.842. The van der Waals surface area contributed by atoms with Crippen LogP contribution in [-0.4, -0.2) is 80.7 Å². The lowest BCUT2D eigenvalue weighted by molar-refractivity contribution is -0.175. The Morgan fingerprint density at radius 2 is 0.850 bits per heavy atom. The summed E-state index contributed by atoms with van der Waals surface area (Å²) in [5.41, 5.74) is 0. The van der Waals surface area contributed by atoms with Gasteiger partial charge in [0, 0.05) is 6.42 Å². The molecule has 0 radical (unpaired) electrons. The van der Waals surface area contributed by atoms with Crippen molar-refractivity contribution < 1.29 is 35.1 Å². The largest absolute Gasteiger partial charge is 0.390 e. The Balaban J connectivity index is 0.0000348. The van der Waals surface area contributed by atoms with E-state index in [-0.39, 0.29) is 25.9 Å². The minimum absolute atomic E-state index is 0. The molecule has 2 unspecified atom stereocenters. The molecule has 1 aliphatic rings. The number of nitrogens with one attached hydrogen (secondary N) is 1. The van der Waals surface area contributed by atoms with Crippen LogP contribution in [0.15, 0.2) is 0 Å². The van der Waals surface area contributed by atoms with Gasteiger partial charge in [-0.1, -0.05) is 247 Å². The van der Waals surface area contributed by atoms with E-state index in [1.165, 1.54) is 186 Å². The van der Waals surface area contributed by atoms with E-state index in [0.29, 0.717) is 19.3 Å². The quantitative estimate of drug-likeness (QED) is 0.0336. The molecule has 1 aliphatic carbocycles. The van der Waals surface area contributed by atoms with Crippen molar-refractivity contribution in [2.24, 2.45) is 5.92 Å². The van der Waals surface area contributed by atoms with Crippen LogP contribution in [0, 0.1) is 5.92 Å². The lowest BCUT2D eigenvalue weighted by atomic mass is 9.82. The van der Waals surface area contributed by atoms with Gasteiger partial charge in [-0.05, 0) is 25.2 Å². The van der Waals surface area contributed by atoms with Crippen molar-refractivity contribution in [1.29, 1.82) is 0 Å². The SMILES string of the molecule is C.CCCCCCCCCCCCCCCCCCCCCCCCCC(=O)N[C@@H](CO[C@H]1CC(C)[C@H](O)[C@H](O)C1O)[C@H](O)[C@H](O)CCCCCCCCCCCCCC. The predicted molar refractivity (Wildman–Crippen MR) is 254 cm³/mol. The molecule has 0 aromatic heterocycles. The van der Waals surface area contributed by atoms with E-state index in [2.05, 4.69) is 19.2 Å². The number of carbonyl (C=O) groups excluding carboxylic acids is 1.